The first kappa shape index (κ1) is 8.97. The van der Waals surface area contributed by atoms with Gasteiger partial charge in [0.1, 0.15) is 17.6 Å². The Labute approximate surface area is 84.2 Å². The van der Waals surface area contributed by atoms with Gasteiger partial charge in [-0.05, 0) is 11.4 Å². The van der Waals surface area contributed by atoms with Crippen molar-refractivity contribution in [1.29, 1.82) is 5.26 Å². The summed E-state index contributed by atoms with van der Waals surface area (Å²) in [4.78, 5) is 0. The molecular weight excluding hydrogens is 201 g/mol. The third-order valence-corrected chi connectivity index (χ3v) is 2.91. The van der Waals surface area contributed by atoms with E-state index in [0.29, 0.717) is 11.1 Å². The van der Waals surface area contributed by atoms with Gasteiger partial charge in [-0.25, -0.2) is 4.39 Å². The topological polar surface area (TPSA) is 33.0 Å². The number of halogens is 1. The number of nitrogens with zero attached hydrogens (tertiary/aromatic N) is 1. The van der Waals surface area contributed by atoms with Crippen LogP contribution >= 0.6 is 11.3 Å². The molecule has 4 heteroatoms. The van der Waals surface area contributed by atoms with Crippen molar-refractivity contribution in [1.82, 2.24) is 0 Å². The molecule has 0 amide bonds. The molecule has 0 unspecified atom stereocenters. The van der Waals surface area contributed by atoms with Crippen LogP contribution in [0.4, 0.5) is 4.39 Å². The number of thiophene rings is 1. The van der Waals surface area contributed by atoms with Crippen LogP contribution in [0.25, 0.3) is 10.1 Å². The monoisotopic (exact) mass is 207 g/mol. The highest BCUT2D eigenvalue weighted by molar-refractivity contribution is 7.17. The van der Waals surface area contributed by atoms with Crippen LogP contribution in [-0.2, 0) is 0 Å². The first-order valence-corrected chi connectivity index (χ1v) is 4.79. The fourth-order valence-electron chi connectivity index (χ4n) is 1.31. The van der Waals surface area contributed by atoms with E-state index in [1.165, 1.54) is 24.5 Å². The van der Waals surface area contributed by atoms with E-state index in [1.807, 2.05) is 0 Å². The fourth-order valence-corrected chi connectivity index (χ4v) is 2.19. The maximum absolute atomic E-state index is 13.5. The molecular formula is C10H6FNOS. The third kappa shape index (κ3) is 1.14. The van der Waals surface area contributed by atoms with E-state index in [0.717, 1.165) is 4.70 Å². The number of rotatable bonds is 1. The van der Waals surface area contributed by atoms with Crippen molar-refractivity contribution in [2.75, 3.05) is 7.11 Å². The summed E-state index contributed by atoms with van der Waals surface area (Å²) < 4.78 is 19.4. The Morgan fingerprint density at radius 3 is 3.00 bits per heavy atom. The lowest BCUT2D eigenvalue weighted by Crippen LogP contribution is -1.89. The molecule has 14 heavy (non-hydrogen) atoms. The summed E-state index contributed by atoms with van der Waals surface area (Å²) >= 11 is 1.40. The number of benzene rings is 1. The quantitative estimate of drug-likeness (QED) is 0.720. The van der Waals surface area contributed by atoms with E-state index in [1.54, 1.807) is 17.5 Å². The molecule has 0 fully saturated rings. The molecule has 70 valence electrons. The Kier molecular flexibility index (Phi) is 2.10. The molecule has 0 aliphatic carbocycles. The van der Waals surface area contributed by atoms with Crippen LogP contribution in [-0.4, -0.2) is 7.11 Å². The van der Waals surface area contributed by atoms with E-state index < -0.39 is 5.82 Å². The molecule has 0 aliphatic heterocycles. The molecule has 2 nitrogen and oxygen atoms in total. The lowest BCUT2D eigenvalue weighted by Gasteiger charge is -2.03. The van der Waals surface area contributed by atoms with E-state index in [4.69, 9.17) is 10.00 Å². The predicted octanol–water partition coefficient (Wildman–Crippen LogP) is 2.92. The van der Waals surface area contributed by atoms with Crippen molar-refractivity contribution in [2.45, 2.75) is 0 Å². The highest BCUT2D eigenvalue weighted by Gasteiger charge is 2.12. The van der Waals surface area contributed by atoms with Gasteiger partial charge in [0.05, 0.1) is 17.4 Å². The predicted molar refractivity (Wildman–Crippen MR) is 53.1 cm³/mol. The Morgan fingerprint density at radius 1 is 1.57 bits per heavy atom. The Hall–Kier alpha value is -1.60. The van der Waals surface area contributed by atoms with Gasteiger partial charge in [-0.1, -0.05) is 0 Å². The SMILES string of the molecule is COc1cc(C#N)c(F)c2ccsc12. The number of ether oxygens (including phenoxy) is 1. The van der Waals surface area contributed by atoms with Gasteiger partial charge in [0, 0.05) is 11.5 Å². The van der Waals surface area contributed by atoms with Crippen LogP contribution in [0.15, 0.2) is 17.5 Å². The summed E-state index contributed by atoms with van der Waals surface area (Å²) in [5.74, 6) is 0.0810. The molecule has 1 aromatic carbocycles. The molecule has 0 spiro atoms. The Balaban J connectivity index is 2.89. The average molecular weight is 207 g/mol. The molecule has 0 N–H and O–H groups in total. The second kappa shape index (κ2) is 3.28. The molecule has 0 saturated carbocycles. The van der Waals surface area contributed by atoms with Crippen LogP contribution < -0.4 is 4.74 Å². The molecule has 0 aliphatic rings. The Morgan fingerprint density at radius 2 is 2.36 bits per heavy atom. The fraction of sp³-hybridized carbons (Fsp3) is 0.100. The molecule has 1 aromatic heterocycles. The Bertz CT molecular complexity index is 527. The van der Waals surface area contributed by atoms with Gasteiger partial charge in [-0.3, -0.25) is 0 Å². The highest BCUT2D eigenvalue weighted by Crippen LogP contribution is 2.34. The summed E-state index contributed by atoms with van der Waals surface area (Å²) in [6.45, 7) is 0. The van der Waals surface area contributed by atoms with Crippen molar-refractivity contribution in [3.63, 3.8) is 0 Å². The smallest absolute Gasteiger partial charge is 0.149 e. The number of hydrogen-bond acceptors (Lipinski definition) is 3. The molecule has 1 heterocycles. The van der Waals surface area contributed by atoms with Crippen molar-refractivity contribution in [3.05, 3.63) is 28.9 Å². The lowest BCUT2D eigenvalue weighted by atomic mass is 10.1. The van der Waals surface area contributed by atoms with Crippen LogP contribution in [0, 0.1) is 17.1 Å². The van der Waals surface area contributed by atoms with Crippen LogP contribution in [0.5, 0.6) is 5.75 Å². The minimum Gasteiger partial charge on any atom is -0.495 e. The highest BCUT2D eigenvalue weighted by atomic mass is 32.1. The largest absolute Gasteiger partial charge is 0.495 e. The minimum atomic E-state index is -0.468. The summed E-state index contributed by atoms with van der Waals surface area (Å²) in [5, 5.41) is 10.9. The zero-order valence-corrected chi connectivity index (χ0v) is 8.19. The third-order valence-electron chi connectivity index (χ3n) is 1.98. The zero-order valence-electron chi connectivity index (χ0n) is 7.37. The lowest BCUT2D eigenvalue weighted by molar-refractivity contribution is 0.419. The maximum atomic E-state index is 13.5. The number of methoxy groups -OCH3 is 1. The van der Waals surface area contributed by atoms with Gasteiger partial charge in [-0.15, -0.1) is 11.3 Å². The first-order chi connectivity index (χ1) is 6.77. The summed E-state index contributed by atoms with van der Waals surface area (Å²) in [7, 11) is 1.51. The normalized spacial score (nSPS) is 10.1. The second-order valence-corrected chi connectivity index (χ2v) is 3.63. The summed E-state index contributed by atoms with van der Waals surface area (Å²) in [5.41, 5.74) is 0.0211. The number of hydrogen-bond donors (Lipinski definition) is 0. The van der Waals surface area contributed by atoms with E-state index in [9.17, 15) is 4.39 Å². The minimum absolute atomic E-state index is 0.0211. The van der Waals surface area contributed by atoms with Crippen LogP contribution in [0.3, 0.4) is 0 Å². The van der Waals surface area contributed by atoms with Gasteiger partial charge in [0.2, 0.25) is 0 Å². The van der Waals surface area contributed by atoms with Gasteiger partial charge in [-0.2, -0.15) is 5.26 Å². The maximum Gasteiger partial charge on any atom is 0.149 e. The first-order valence-electron chi connectivity index (χ1n) is 3.91. The molecule has 2 rings (SSSR count). The number of fused-ring (bicyclic) bond motifs is 1. The van der Waals surface area contributed by atoms with Gasteiger partial charge in [0.15, 0.2) is 0 Å². The average Bonchev–Trinajstić information content (AvgIpc) is 2.68. The zero-order chi connectivity index (χ0) is 10.1. The van der Waals surface area contributed by atoms with Crippen molar-refractivity contribution in [2.24, 2.45) is 0 Å². The molecule has 0 saturated heterocycles. The number of nitriles is 1. The molecule has 0 radical (unpaired) electrons. The second-order valence-electron chi connectivity index (χ2n) is 2.72. The standard InChI is InChI=1S/C10H6FNOS/c1-13-8-4-6(5-12)9(11)7-2-3-14-10(7)8/h2-4H,1H3. The molecule has 0 atom stereocenters. The van der Waals surface area contributed by atoms with E-state index in [-0.39, 0.29) is 5.56 Å². The van der Waals surface area contributed by atoms with E-state index in [2.05, 4.69) is 0 Å². The van der Waals surface area contributed by atoms with Crippen molar-refractivity contribution < 1.29 is 9.13 Å². The summed E-state index contributed by atoms with van der Waals surface area (Å²) in [6.07, 6.45) is 0. The molecule has 2 aromatic rings. The van der Waals surface area contributed by atoms with Gasteiger partial charge in [0.25, 0.3) is 0 Å². The van der Waals surface area contributed by atoms with Gasteiger partial charge >= 0.3 is 0 Å². The van der Waals surface area contributed by atoms with Crippen LogP contribution in [0.2, 0.25) is 0 Å². The summed E-state index contributed by atoms with van der Waals surface area (Å²) in [6, 6.07) is 4.88. The van der Waals surface area contributed by atoms with E-state index >= 15 is 0 Å². The van der Waals surface area contributed by atoms with Crippen LogP contribution in [0.1, 0.15) is 5.56 Å². The van der Waals surface area contributed by atoms with Gasteiger partial charge < -0.3 is 4.74 Å². The van der Waals surface area contributed by atoms with Crippen molar-refractivity contribution >= 4 is 21.4 Å². The molecule has 0 bridgehead atoms. The van der Waals surface area contributed by atoms with Crippen molar-refractivity contribution in [3.8, 4) is 11.8 Å².